The minimum absolute atomic E-state index is 0.381. The number of rotatable bonds is 23. The van der Waals surface area contributed by atoms with E-state index in [1.165, 1.54) is 116 Å². The van der Waals surface area contributed by atoms with Crippen LogP contribution in [-0.2, 0) is 0 Å². The van der Waals surface area contributed by atoms with Gasteiger partial charge in [-0.15, -0.1) is 0 Å². The highest BCUT2D eigenvalue weighted by atomic mass is 14.0. The average Bonchev–Trinajstić information content (AvgIpc) is 2.69. The summed E-state index contributed by atoms with van der Waals surface area (Å²) < 4.78 is 43.2. The molecule has 0 rings (SSSR count). The monoisotopic (exact) mass is 372 g/mol. The van der Waals surface area contributed by atoms with Crippen molar-refractivity contribution >= 4 is 0 Å². The fraction of sp³-hybridized carbons (Fsp3) is 1.00. The quantitative estimate of drug-likeness (QED) is 0.156. The fourth-order valence-corrected chi connectivity index (χ4v) is 3.79. The summed E-state index contributed by atoms with van der Waals surface area (Å²) in [6, 6.07) is 0. The molecule has 0 spiro atoms. The lowest BCUT2D eigenvalue weighted by Crippen LogP contribution is -1.84. The Morgan fingerprint density at radius 3 is 0.577 bits per heavy atom. The van der Waals surface area contributed by atoms with Gasteiger partial charge in [0.25, 0.3) is 0 Å². The average molecular weight is 373 g/mol. The van der Waals surface area contributed by atoms with E-state index in [2.05, 4.69) is 0 Å². The Labute approximate surface area is 176 Å². The van der Waals surface area contributed by atoms with Gasteiger partial charge in [-0.25, -0.2) is 0 Å². The van der Waals surface area contributed by atoms with Crippen molar-refractivity contribution in [1.82, 2.24) is 0 Å². The van der Waals surface area contributed by atoms with Crippen LogP contribution >= 0.6 is 0 Å². The van der Waals surface area contributed by atoms with Crippen molar-refractivity contribution in [1.29, 1.82) is 0 Å². The highest BCUT2D eigenvalue weighted by molar-refractivity contribution is 4.51. The van der Waals surface area contributed by atoms with E-state index in [0.717, 1.165) is 25.7 Å². The maximum absolute atomic E-state index is 7.19. The lowest BCUT2D eigenvalue weighted by atomic mass is 10.0. The van der Waals surface area contributed by atoms with Crippen LogP contribution in [0.25, 0.3) is 0 Å². The Hall–Kier alpha value is 0. The summed E-state index contributed by atoms with van der Waals surface area (Å²) in [4.78, 5) is 0. The van der Waals surface area contributed by atoms with Gasteiger partial charge in [0, 0.05) is 8.22 Å². The van der Waals surface area contributed by atoms with Crippen molar-refractivity contribution in [2.45, 2.75) is 168 Å². The van der Waals surface area contributed by atoms with Crippen molar-refractivity contribution < 1.29 is 8.22 Å². The molecule has 0 radical (unpaired) electrons. The van der Waals surface area contributed by atoms with E-state index in [0.29, 0.717) is 12.8 Å². The Balaban J connectivity index is 3.07. The molecule has 0 saturated heterocycles. The van der Waals surface area contributed by atoms with E-state index in [4.69, 9.17) is 8.22 Å². The van der Waals surface area contributed by atoms with Crippen LogP contribution in [0.5, 0.6) is 0 Å². The molecule has 0 aromatic carbocycles. The first-order valence-electron chi connectivity index (χ1n) is 15.2. The summed E-state index contributed by atoms with van der Waals surface area (Å²) in [5, 5.41) is 0. The zero-order valence-electron chi connectivity index (χ0n) is 24.0. The van der Waals surface area contributed by atoms with Gasteiger partial charge < -0.3 is 0 Å². The van der Waals surface area contributed by atoms with Gasteiger partial charge in [0.05, 0.1) is 0 Å². The molecule has 0 bridgehead atoms. The van der Waals surface area contributed by atoms with Gasteiger partial charge in [0.2, 0.25) is 0 Å². The van der Waals surface area contributed by atoms with E-state index in [9.17, 15) is 0 Å². The third kappa shape index (κ3) is 24.0. The van der Waals surface area contributed by atoms with Gasteiger partial charge in [-0.05, 0) is 0 Å². The number of unbranched alkanes of at least 4 members (excludes halogenated alkanes) is 21. The molecule has 0 aliphatic carbocycles. The fourth-order valence-electron chi connectivity index (χ4n) is 3.79. The van der Waals surface area contributed by atoms with Crippen molar-refractivity contribution in [3.8, 4) is 0 Å². The zero-order valence-corrected chi connectivity index (χ0v) is 18.0. The van der Waals surface area contributed by atoms with Crippen LogP contribution in [0.1, 0.15) is 176 Å². The molecule has 0 aromatic rings. The molecular formula is C26H54. The molecule has 0 aliphatic heterocycles. The van der Waals surface area contributed by atoms with Gasteiger partial charge in [0.1, 0.15) is 0 Å². The smallest absolute Gasteiger partial charge is 0.0230 e. The maximum Gasteiger partial charge on any atom is 0.0230 e. The second-order valence-electron chi connectivity index (χ2n) is 8.28. The molecule has 0 amide bonds. The first-order valence-corrected chi connectivity index (χ1v) is 12.2. The lowest BCUT2D eigenvalue weighted by Gasteiger charge is -2.04. The lowest BCUT2D eigenvalue weighted by molar-refractivity contribution is 0.518. The van der Waals surface area contributed by atoms with Crippen LogP contribution in [0.4, 0.5) is 0 Å². The van der Waals surface area contributed by atoms with Crippen molar-refractivity contribution in [2.75, 3.05) is 0 Å². The Kier molecular flexibility index (Phi) is 16.3. The van der Waals surface area contributed by atoms with Crippen LogP contribution in [0.2, 0.25) is 0 Å². The second-order valence-corrected chi connectivity index (χ2v) is 8.28. The molecule has 0 saturated carbocycles. The molecule has 0 unspecified atom stereocenters. The van der Waals surface area contributed by atoms with Crippen LogP contribution in [0, 0.1) is 0 Å². The van der Waals surface area contributed by atoms with Gasteiger partial charge in [-0.3, -0.25) is 0 Å². The topological polar surface area (TPSA) is 0 Å². The molecule has 0 heterocycles. The Morgan fingerprint density at radius 1 is 0.269 bits per heavy atom. The number of hydrogen-bond donors (Lipinski definition) is 0. The van der Waals surface area contributed by atoms with E-state index in [1.54, 1.807) is 0 Å². The summed E-state index contributed by atoms with van der Waals surface area (Å²) in [7, 11) is 0. The van der Waals surface area contributed by atoms with Gasteiger partial charge in [0.15, 0.2) is 0 Å². The highest BCUT2D eigenvalue weighted by Gasteiger charge is 1.95. The summed E-state index contributed by atoms with van der Waals surface area (Å²) >= 11 is 0. The Morgan fingerprint density at radius 2 is 0.423 bits per heavy atom. The third-order valence-electron chi connectivity index (χ3n) is 5.60. The molecule has 158 valence electrons. The summed E-state index contributed by atoms with van der Waals surface area (Å²) in [6.45, 7) is -3.46. The molecule has 0 heteroatoms. The van der Waals surface area contributed by atoms with Crippen molar-refractivity contribution in [3.63, 3.8) is 0 Å². The normalized spacial score (nSPS) is 15.7. The van der Waals surface area contributed by atoms with E-state index < -0.39 is 13.7 Å². The van der Waals surface area contributed by atoms with Gasteiger partial charge in [-0.2, -0.15) is 0 Å². The largest absolute Gasteiger partial charge is 0.0654 e. The number of hydrogen-bond acceptors (Lipinski definition) is 0. The van der Waals surface area contributed by atoms with Gasteiger partial charge >= 0.3 is 0 Å². The molecule has 26 heavy (non-hydrogen) atoms. The summed E-state index contributed by atoms with van der Waals surface area (Å²) in [5.41, 5.74) is 0. The first-order chi connectivity index (χ1) is 15.2. The van der Waals surface area contributed by atoms with Crippen molar-refractivity contribution in [3.05, 3.63) is 0 Å². The van der Waals surface area contributed by atoms with Crippen LogP contribution in [0.15, 0.2) is 0 Å². The summed E-state index contributed by atoms with van der Waals surface area (Å²) in [5.74, 6) is 0. The van der Waals surface area contributed by atoms with E-state index in [1.807, 2.05) is 0 Å². The molecule has 0 aromatic heterocycles. The van der Waals surface area contributed by atoms with E-state index >= 15 is 0 Å². The predicted molar refractivity (Wildman–Crippen MR) is 122 cm³/mol. The minimum Gasteiger partial charge on any atom is -0.0654 e. The van der Waals surface area contributed by atoms with E-state index in [-0.39, 0.29) is 0 Å². The molecular weight excluding hydrogens is 312 g/mol. The predicted octanol–water partition coefficient (Wildman–Crippen LogP) is 10.4. The first kappa shape index (κ1) is 16.9. The SMILES string of the molecule is [2H]C([2H])([2H])CCCCCCCCCCCCCCCCCCCCCCCCC([2H])([2H])[2H]. The molecule has 0 N–H and O–H groups in total. The maximum atomic E-state index is 7.19. The molecule has 0 aliphatic rings. The Bertz CT molecular complexity index is 339. The van der Waals surface area contributed by atoms with Crippen LogP contribution in [0.3, 0.4) is 0 Å². The van der Waals surface area contributed by atoms with Crippen LogP contribution in [-0.4, -0.2) is 0 Å². The van der Waals surface area contributed by atoms with Crippen LogP contribution < -0.4 is 0 Å². The molecule has 0 atom stereocenters. The highest BCUT2D eigenvalue weighted by Crippen LogP contribution is 2.15. The van der Waals surface area contributed by atoms with Gasteiger partial charge in [-0.1, -0.05) is 168 Å². The zero-order chi connectivity index (χ0) is 24.0. The third-order valence-corrected chi connectivity index (χ3v) is 5.60. The van der Waals surface area contributed by atoms with Crippen molar-refractivity contribution in [2.24, 2.45) is 0 Å². The molecule has 0 fully saturated rings. The standard InChI is InChI=1S/C26H54/c1-3-5-7-9-11-13-15-17-19-21-23-25-26-24-22-20-18-16-14-12-10-8-6-4-2/h3-26H2,1-2H3/i1D3,2D3. The second kappa shape index (κ2) is 25.0. The molecule has 0 nitrogen and oxygen atoms in total. The minimum atomic E-state index is -1.73. The summed E-state index contributed by atoms with van der Waals surface area (Å²) in [6.07, 6.45) is 28.8.